The molecule has 0 fully saturated rings. The van der Waals surface area contributed by atoms with Crippen LogP contribution in [0.2, 0.25) is 5.02 Å². The van der Waals surface area contributed by atoms with Crippen molar-refractivity contribution < 1.29 is 4.84 Å². The molecule has 3 rings (SSSR count). The minimum atomic E-state index is 0.527. The third-order valence-corrected chi connectivity index (χ3v) is 3.79. The van der Waals surface area contributed by atoms with Gasteiger partial charge >= 0.3 is 0 Å². The molecule has 1 aromatic heterocycles. The second-order valence-electron chi connectivity index (χ2n) is 5.36. The van der Waals surface area contributed by atoms with Crippen molar-refractivity contribution in [3.8, 4) is 16.9 Å². The average Bonchev–Trinajstić information content (AvgIpc) is 3.01. The van der Waals surface area contributed by atoms with E-state index in [4.69, 9.17) is 16.4 Å². The van der Waals surface area contributed by atoms with Gasteiger partial charge in [0.15, 0.2) is 0 Å². The van der Waals surface area contributed by atoms with Gasteiger partial charge in [-0.3, -0.25) is 0 Å². The zero-order valence-corrected chi connectivity index (χ0v) is 14.4. The highest BCUT2D eigenvalue weighted by Crippen LogP contribution is 2.25. The fraction of sp³-hybridized carbons (Fsp3) is 0.158. The SMILES string of the molecule is CCO/N=C/c1cc(-c2ccc(Cl)cc2)n(-c2ccc(C)cc2)n1. The molecule has 0 aliphatic carbocycles. The lowest BCUT2D eigenvalue weighted by atomic mass is 10.1. The third-order valence-electron chi connectivity index (χ3n) is 3.54. The summed E-state index contributed by atoms with van der Waals surface area (Å²) < 4.78 is 1.90. The second kappa shape index (κ2) is 7.32. The topological polar surface area (TPSA) is 39.4 Å². The molecule has 0 saturated carbocycles. The van der Waals surface area contributed by atoms with Crippen molar-refractivity contribution >= 4 is 17.8 Å². The van der Waals surface area contributed by atoms with Crippen LogP contribution in [-0.4, -0.2) is 22.6 Å². The molecule has 0 aliphatic rings. The predicted octanol–water partition coefficient (Wildman–Crippen LogP) is 4.87. The summed E-state index contributed by atoms with van der Waals surface area (Å²) in [4.78, 5) is 5.03. The minimum Gasteiger partial charge on any atom is -0.396 e. The highest BCUT2D eigenvalue weighted by Gasteiger charge is 2.11. The molecular weight excluding hydrogens is 322 g/mol. The Hall–Kier alpha value is -2.59. The normalized spacial score (nSPS) is 11.1. The van der Waals surface area contributed by atoms with E-state index < -0.39 is 0 Å². The van der Waals surface area contributed by atoms with Crippen molar-refractivity contribution in [2.24, 2.45) is 5.16 Å². The number of hydrogen-bond donors (Lipinski definition) is 0. The van der Waals surface area contributed by atoms with Crippen LogP contribution < -0.4 is 0 Å². The molecule has 4 nitrogen and oxygen atoms in total. The van der Waals surface area contributed by atoms with Gasteiger partial charge in [0.1, 0.15) is 12.3 Å². The van der Waals surface area contributed by atoms with E-state index in [0.717, 1.165) is 22.6 Å². The maximum absolute atomic E-state index is 6.00. The molecule has 0 unspecified atom stereocenters. The zero-order chi connectivity index (χ0) is 16.9. The van der Waals surface area contributed by atoms with Crippen LogP contribution in [0.1, 0.15) is 18.2 Å². The first-order valence-corrected chi connectivity index (χ1v) is 8.13. The standard InChI is InChI=1S/C19H18ClN3O/c1-3-24-21-13-17-12-19(15-6-8-16(20)9-7-15)23(22-17)18-10-4-14(2)5-11-18/h4-13H,3H2,1-2H3/b21-13+. The number of oxime groups is 1. The lowest BCUT2D eigenvalue weighted by Gasteiger charge is -2.08. The number of nitrogens with zero attached hydrogens (tertiary/aromatic N) is 3. The van der Waals surface area contributed by atoms with Crippen LogP contribution in [0.4, 0.5) is 0 Å². The summed E-state index contributed by atoms with van der Waals surface area (Å²) in [6, 6.07) is 17.9. The molecule has 2 aromatic carbocycles. The number of aromatic nitrogens is 2. The molecule has 0 atom stereocenters. The smallest absolute Gasteiger partial charge is 0.114 e. The number of benzene rings is 2. The summed E-state index contributed by atoms with van der Waals surface area (Å²) in [5, 5.41) is 9.25. The monoisotopic (exact) mass is 339 g/mol. The van der Waals surface area contributed by atoms with Crippen molar-refractivity contribution in [2.45, 2.75) is 13.8 Å². The zero-order valence-electron chi connectivity index (χ0n) is 13.6. The Morgan fingerprint density at radius 2 is 1.83 bits per heavy atom. The van der Waals surface area contributed by atoms with Crippen LogP contribution in [0.25, 0.3) is 16.9 Å². The van der Waals surface area contributed by atoms with Crippen molar-refractivity contribution in [1.82, 2.24) is 9.78 Å². The van der Waals surface area contributed by atoms with E-state index in [2.05, 4.69) is 29.3 Å². The van der Waals surface area contributed by atoms with Gasteiger partial charge in [-0.15, -0.1) is 0 Å². The lowest BCUT2D eigenvalue weighted by molar-refractivity contribution is 0.160. The molecule has 0 amide bonds. The Morgan fingerprint density at radius 1 is 1.12 bits per heavy atom. The van der Waals surface area contributed by atoms with E-state index in [-0.39, 0.29) is 0 Å². The first-order chi connectivity index (χ1) is 11.7. The van der Waals surface area contributed by atoms with Crippen LogP contribution in [0.15, 0.2) is 59.8 Å². The van der Waals surface area contributed by atoms with Crippen molar-refractivity contribution in [3.63, 3.8) is 0 Å². The minimum absolute atomic E-state index is 0.527. The molecule has 3 aromatic rings. The summed E-state index contributed by atoms with van der Waals surface area (Å²) in [6.07, 6.45) is 1.62. The highest BCUT2D eigenvalue weighted by atomic mass is 35.5. The van der Waals surface area contributed by atoms with E-state index >= 15 is 0 Å². The molecule has 0 spiro atoms. The van der Waals surface area contributed by atoms with Gasteiger partial charge in [0.05, 0.1) is 17.6 Å². The molecule has 0 radical (unpaired) electrons. The molecule has 24 heavy (non-hydrogen) atoms. The van der Waals surface area contributed by atoms with Gasteiger partial charge in [-0.25, -0.2) is 4.68 Å². The van der Waals surface area contributed by atoms with E-state index in [1.165, 1.54) is 5.56 Å². The van der Waals surface area contributed by atoms with Crippen LogP contribution in [0.5, 0.6) is 0 Å². The molecule has 5 heteroatoms. The average molecular weight is 340 g/mol. The fourth-order valence-corrected chi connectivity index (χ4v) is 2.46. The molecule has 0 aliphatic heterocycles. The largest absolute Gasteiger partial charge is 0.396 e. The lowest BCUT2D eigenvalue weighted by Crippen LogP contribution is -1.99. The summed E-state index contributed by atoms with van der Waals surface area (Å²) in [5.74, 6) is 0. The Bertz CT molecular complexity index is 773. The maximum atomic E-state index is 6.00. The molecule has 1 heterocycles. The van der Waals surface area contributed by atoms with Gasteiger partial charge in [0.25, 0.3) is 0 Å². The van der Waals surface area contributed by atoms with E-state index in [0.29, 0.717) is 11.6 Å². The second-order valence-corrected chi connectivity index (χ2v) is 5.80. The quantitative estimate of drug-likeness (QED) is 0.491. The van der Waals surface area contributed by atoms with Crippen molar-refractivity contribution in [1.29, 1.82) is 0 Å². The van der Waals surface area contributed by atoms with Gasteiger partial charge in [0, 0.05) is 10.6 Å². The number of hydrogen-bond acceptors (Lipinski definition) is 3. The van der Waals surface area contributed by atoms with E-state index in [1.807, 2.05) is 54.1 Å². The van der Waals surface area contributed by atoms with Crippen molar-refractivity contribution in [2.75, 3.05) is 6.61 Å². The molecule has 0 N–H and O–H groups in total. The number of halogens is 1. The van der Waals surface area contributed by atoms with Gasteiger partial charge in [-0.2, -0.15) is 5.10 Å². The summed E-state index contributed by atoms with van der Waals surface area (Å²) in [5.41, 5.74) is 4.92. The first-order valence-electron chi connectivity index (χ1n) is 7.76. The van der Waals surface area contributed by atoms with Gasteiger partial charge in [-0.05, 0) is 44.2 Å². The summed E-state index contributed by atoms with van der Waals surface area (Å²) in [6.45, 7) is 4.48. The van der Waals surface area contributed by atoms with Crippen LogP contribution in [0.3, 0.4) is 0 Å². The number of rotatable bonds is 5. The molecule has 122 valence electrons. The highest BCUT2D eigenvalue weighted by molar-refractivity contribution is 6.30. The van der Waals surface area contributed by atoms with Crippen LogP contribution in [0, 0.1) is 6.92 Å². The Kier molecular flexibility index (Phi) is 4.96. The van der Waals surface area contributed by atoms with Crippen LogP contribution in [-0.2, 0) is 4.84 Å². The molecule has 0 saturated heterocycles. The predicted molar refractivity (Wildman–Crippen MR) is 98.0 cm³/mol. The van der Waals surface area contributed by atoms with Gasteiger partial charge in [0.2, 0.25) is 0 Å². The Morgan fingerprint density at radius 3 is 2.50 bits per heavy atom. The number of aryl methyl sites for hydroxylation is 1. The van der Waals surface area contributed by atoms with Gasteiger partial charge in [-0.1, -0.05) is 46.6 Å². The Balaban J connectivity index is 2.07. The summed E-state index contributed by atoms with van der Waals surface area (Å²) in [7, 11) is 0. The molecular formula is C19H18ClN3O. The fourth-order valence-electron chi connectivity index (χ4n) is 2.34. The van der Waals surface area contributed by atoms with E-state index in [9.17, 15) is 0 Å². The van der Waals surface area contributed by atoms with Crippen molar-refractivity contribution in [3.05, 3.63) is 70.9 Å². The summed E-state index contributed by atoms with van der Waals surface area (Å²) >= 11 is 6.00. The maximum Gasteiger partial charge on any atom is 0.114 e. The van der Waals surface area contributed by atoms with Gasteiger partial charge < -0.3 is 4.84 Å². The van der Waals surface area contributed by atoms with Crippen LogP contribution >= 0.6 is 11.6 Å². The Labute approximate surface area is 146 Å². The molecule has 0 bridgehead atoms. The third kappa shape index (κ3) is 3.66. The van der Waals surface area contributed by atoms with E-state index in [1.54, 1.807) is 6.21 Å². The first kappa shape index (κ1) is 16.3.